The molecule has 0 unspecified atom stereocenters. The van der Waals surface area contributed by atoms with E-state index in [1.54, 1.807) is 19.1 Å². The first kappa shape index (κ1) is 30.2. The highest BCUT2D eigenvalue weighted by Gasteiger charge is 2.38. The summed E-state index contributed by atoms with van der Waals surface area (Å²) in [6, 6.07) is 12.5. The Labute approximate surface area is 215 Å². The maximum Gasteiger partial charge on any atom is 0.490 e. The second-order valence-corrected chi connectivity index (χ2v) is 9.57. The molecule has 0 aromatic heterocycles. The fraction of sp³-hybridized carbons (Fsp3) is 0.481. The maximum atomic E-state index is 13.7. The number of aliphatic carboxylic acids is 1. The van der Waals surface area contributed by atoms with Crippen LogP contribution >= 0.6 is 0 Å². The Hall–Kier alpha value is -2.98. The summed E-state index contributed by atoms with van der Waals surface area (Å²) >= 11 is 0. The number of nitrogens with zero attached hydrogens (tertiary/aromatic N) is 2. The minimum absolute atomic E-state index is 0.222. The lowest BCUT2D eigenvalue weighted by molar-refractivity contribution is -0.192. The normalized spacial score (nSPS) is 15.0. The predicted molar refractivity (Wildman–Crippen MR) is 135 cm³/mol. The second-order valence-electron chi connectivity index (χ2n) is 9.57. The summed E-state index contributed by atoms with van der Waals surface area (Å²) < 4.78 is 45.4. The lowest BCUT2D eigenvalue weighted by Crippen LogP contribution is -2.31. The van der Waals surface area contributed by atoms with Crippen LogP contribution in [0.5, 0.6) is 0 Å². The monoisotopic (exact) mass is 525 g/mol. The summed E-state index contributed by atoms with van der Waals surface area (Å²) in [6.07, 6.45) is -2.62. The van der Waals surface area contributed by atoms with E-state index in [0.29, 0.717) is 16.8 Å². The molecule has 1 fully saturated rings. The lowest BCUT2D eigenvalue weighted by Gasteiger charge is -2.22. The van der Waals surface area contributed by atoms with Crippen LogP contribution in [0.25, 0.3) is 0 Å². The fourth-order valence-electron chi connectivity index (χ4n) is 3.74. The van der Waals surface area contributed by atoms with E-state index in [1.165, 1.54) is 37.6 Å². The van der Waals surface area contributed by atoms with E-state index in [-0.39, 0.29) is 11.7 Å². The number of halogens is 4. The highest BCUT2D eigenvalue weighted by atomic mass is 19.4. The van der Waals surface area contributed by atoms with Crippen molar-refractivity contribution in [2.75, 3.05) is 38.0 Å². The Morgan fingerprint density at radius 2 is 1.59 bits per heavy atom. The quantitative estimate of drug-likeness (QED) is 0.462. The molecule has 3 rings (SSSR count). The summed E-state index contributed by atoms with van der Waals surface area (Å²) in [4.78, 5) is 26.4. The molecular weight excluding hydrogens is 490 g/mol. The zero-order chi connectivity index (χ0) is 27.6. The minimum atomic E-state index is -5.08. The summed E-state index contributed by atoms with van der Waals surface area (Å²) in [5, 5.41) is 9.89. The van der Waals surface area contributed by atoms with Crippen molar-refractivity contribution < 1.29 is 32.3 Å². The number of benzene rings is 2. The van der Waals surface area contributed by atoms with Gasteiger partial charge >= 0.3 is 12.1 Å². The van der Waals surface area contributed by atoms with Gasteiger partial charge in [0.25, 0.3) is 5.91 Å². The molecule has 1 amide bonds. The van der Waals surface area contributed by atoms with Gasteiger partial charge in [-0.15, -0.1) is 0 Å². The van der Waals surface area contributed by atoms with Gasteiger partial charge in [-0.05, 0) is 80.7 Å². The van der Waals surface area contributed by atoms with Gasteiger partial charge in [-0.25, -0.2) is 9.18 Å². The van der Waals surface area contributed by atoms with Gasteiger partial charge in [0.15, 0.2) is 0 Å². The van der Waals surface area contributed by atoms with Crippen LogP contribution in [-0.2, 0) is 11.3 Å². The minimum Gasteiger partial charge on any atom is -0.475 e. The number of rotatable bonds is 7. The largest absolute Gasteiger partial charge is 0.490 e. The van der Waals surface area contributed by atoms with E-state index in [2.05, 4.69) is 29.0 Å². The van der Waals surface area contributed by atoms with Crippen LogP contribution in [0.1, 0.15) is 48.2 Å². The Balaban J connectivity index is 0.000000604. The van der Waals surface area contributed by atoms with Crippen molar-refractivity contribution >= 4 is 17.6 Å². The molecule has 1 saturated heterocycles. The third-order valence-electron chi connectivity index (χ3n) is 6.00. The van der Waals surface area contributed by atoms with E-state index in [1.807, 2.05) is 24.3 Å². The molecule has 0 radical (unpaired) electrons. The van der Waals surface area contributed by atoms with Crippen molar-refractivity contribution in [2.24, 2.45) is 5.92 Å². The van der Waals surface area contributed by atoms with Crippen molar-refractivity contribution in [2.45, 2.75) is 46.3 Å². The number of anilines is 1. The number of carboxylic acid groups (broad SMARTS) is 1. The van der Waals surface area contributed by atoms with Gasteiger partial charge in [-0.2, -0.15) is 13.2 Å². The predicted octanol–water partition coefficient (Wildman–Crippen LogP) is 5.57. The van der Waals surface area contributed by atoms with Gasteiger partial charge in [0, 0.05) is 30.9 Å². The topological polar surface area (TPSA) is 72.9 Å². The van der Waals surface area contributed by atoms with Crippen molar-refractivity contribution in [3.63, 3.8) is 0 Å². The molecule has 2 aromatic carbocycles. The molecule has 2 aromatic rings. The van der Waals surface area contributed by atoms with Gasteiger partial charge in [0.05, 0.1) is 0 Å². The molecule has 0 saturated carbocycles. The number of carbonyl (C=O) groups is 2. The van der Waals surface area contributed by atoms with E-state index in [0.717, 1.165) is 32.1 Å². The van der Waals surface area contributed by atoms with Crippen LogP contribution in [0.2, 0.25) is 0 Å². The van der Waals surface area contributed by atoms with Crippen LogP contribution in [0.4, 0.5) is 23.2 Å². The zero-order valence-electron chi connectivity index (χ0n) is 21.4. The van der Waals surface area contributed by atoms with Gasteiger partial charge in [-0.1, -0.05) is 32.0 Å². The molecule has 10 heteroatoms. The number of nitrogens with one attached hydrogen (secondary N) is 1. The smallest absolute Gasteiger partial charge is 0.475 e. The summed E-state index contributed by atoms with van der Waals surface area (Å²) in [5.41, 5.74) is 2.83. The molecule has 0 bridgehead atoms. The van der Waals surface area contributed by atoms with Crippen molar-refractivity contribution in [1.82, 2.24) is 9.80 Å². The second kappa shape index (κ2) is 14.1. The molecule has 204 valence electrons. The van der Waals surface area contributed by atoms with Crippen LogP contribution in [-0.4, -0.2) is 65.7 Å². The molecule has 1 aliphatic heterocycles. The molecule has 1 aliphatic rings. The highest BCUT2D eigenvalue weighted by molar-refractivity contribution is 6.04. The Bertz CT molecular complexity index is 1030. The van der Waals surface area contributed by atoms with Gasteiger partial charge in [-0.3, -0.25) is 9.69 Å². The van der Waals surface area contributed by atoms with Crippen molar-refractivity contribution in [1.29, 1.82) is 0 Å². The Morgan fingerprint density at radius 1 is 1.00 bits per heavy atom. The standard InChI is InChI=1S/C25H34FN3O.C2HF3O2/c1-19(2)11-14-28-12-4-13-29(16-15-28)18-21-6-8-22(9-7-21)25(30)27-23-10-5-20(3)24(26)17-23;3-2(4,5)1(6)7/h5-10,17,19H,4,11-16,18H2,1-3H3,(H,27,30);(H,6,7). The number of alkyl halides is 3. The van der Waals surface area contributed by atoms with E-state index in [4.69, 9.17) is 9.90 Å². The van der Waals surface area contributed by atoms with E-state index in [9.17, 15) is 22.4 Å². The molecular formula is C27H35F4N3O3. The molecule has 0 atom stereocenters. The molecule has 0 aliphatic carbocycles. The third-order valence-corrected chi connectivity index (χ3v) is 6.00. The number of hydrogen-bond acceptors (Lipinski definition) is 4. The average molecular weight is 526 g/mol. The number of hydrogen-bond donors (Lipinski definition) is 2. The van der Waals surface area contributed by atoms with E-state index < -0.39 is 12.1 Å². The Kier molecular flexibility index (Phi) is 11.5. The molecule has 0 spiro atoms. The summed E-state index contributed by atoms with van der Waals surface area (Å²) in [7, 11) is 0. The summed E-state index contributed by atoms with van der Waals surface area (Å²) in [5.74, 6) is -2.54. The van der Waals surface area contributed by atoms with Gasteiger partial charge in [0.2, 0.25) is 0 Å². The fourth-order valence-corrected chi connectivity index (χ4v) is 3.74. The van der Waals surface area contributed by atoms with Crippen molar-refractivity contribution in [3.05, 3.63) is 65.0 Å². The van der Waals surface area contributed by atoms with Crippen LogP contribution in [0.15, 0.2) is 42.5 Å². The lowest BCUT2D eigenvalue weighted by atomic mass is 10.1. The summed E-state index contributed by atoms with van der Waals surface area (Å²) in [6.45, 7) is 12.9. The Morgan fingerprint density at radius 3 is 2.16 bits per heavy atom. The first-order chi connectivity index (χ1) is 17.3. The van der Waals surface area contributed by atoms with Gasteiger partial charge in [0.1, 0.15) is 5.82 Å². The molecule has 2 N–H and O–H groups in total. The molecule has 1 heterocycles. The maximum absolute atomic E-state index is 13.7. The van der Waals surface area contributed by atoms with Crippen LogP contribution in [0, 0.1) is 18.7 Å². The highest BCUT2D eigenvalue weighted by Crippen LogP contribution is 2.16. The third kappa shape index (κ3) is 10.9. The zero-order valence-corrected chi connectivity index (χ0v) is 21.4. The average Bonchev–Trinajstić information content (AvgIpc) is 3.05. The number of carbonyl (C=O) groups excluding carboxylic acids is 1. The molecule has 37 heavy (non-hydrogen) atoms. The number of carboxylic acids is 1. The SMILES string of the molecule is Cc1ccc(NC(=O)c2ccc(CN3CCCN(CCC(C)C)CC3)cc2)cc1F.O=C(O)C(F)(F)F. The number of aryl methyl sites for hydroxylation is 1. The first-order valence-corrected chi connectivity index (χ1v) is 12.3. The van der Waals surface area contributed by atoms with Crippen LogP contribution in [0.3, 0.4) is 0 Å². The van der Waals surface area contributed by atoms with Gasteiger partial charge < -0.3 is 15.3 Å². The first-order valence-electron chi connectivity index (χ1n) is 12.3. The molecule has 6 nitrogen and oxygen atoms in total. The number of amides is 1. The van der Waals surface area contributed by atoms with Crippen molar-refractivity contribution in [3.8, 4) is 0 Å². The van der Waals surface area contributed by atoms with E-state index >= 15 is 0 Å². The van der Waals surface area contributed by atoms with Crippen LogP contribution < -0.4 is 5.32 Å².